The average Bonchev–Trinajstić information content (AvgIpc) is 3.19. The van der Waals surface area contributed by atoms with Crippen LogP contribution in [0.25, 0.3) is 0 Å². The second-order valence-electron chi connectivity index (χ2n) is 5.21. The Morgan fingerprint density at radius 3 is 2.58 bits per heavy atom. The Kier molecular flexibility index (Phi) is 5.21. The van der Waals surface area contributed by atoms with E-state index in [2.05, 4.69) is 21.2 Å². The maximum atomic E-state index is 9.80. The molecule has 0 aromatic heterocycles. The third kappa shape index (κ3) is 4.76. The fourth-order valence-electron chi connectivity index (χ4n) is 1.85. The summed E-state index contributed by atoms with van der Waals surface area (Å²) in [6.45, 7) is 1.74. The summed E-state index contributed by atoms with van der Waals surface area (Å²) in [5.74, 6) is 0.747. The van der Waals surface area contributed by atoms with Crippen molar-refractivity contribution in [2.24, 2.45) is 5.41 Å². The predicted octanol–water partition coefficient (Wildman–Crippen LogP) is 1.55. The SMILES string of the molecule is OCC1(CNCC(O)COc2ccc(Br)cc2)CC1. The highest BCUT2D eigenvalue weighted by atomic mass is 79.9. The quantitative estimate of drug-likeness (QED) is 0.677. The maximum absolute atomic E-state index is 9.80. The van der Waals surface area contributed by atoms with Gasteiger partial charge in [0.15, 0.2) is 0 Å². The highest BCUT2D eigenvalue weighted by Crippen LogP contribution is 2.44. The Balaban J connectivity index is 1.61. The molecule has 0 amide bonds. The van der Waals surface area contributed by atoms with E-state index in [1.807, 2.05) is 24.3 Å². The van der Waals surface area contributed by atoms with E-state index in [0.29, 0.717) is 6.54 Å². The summed E-state index contributed by atoms with van der Waals surface area (Å²) in [6, 6.07) is 7.51. The third-order valence-electron chi connectivity index (χ3n) is 3.43. The first-order chi connectivity index (χ1) is 9.13. The highest BCUT2D eigenvalue weighted by molar-refractivity contribution is 9.10. The molecule has 0 bridgehead atoms. The van der Waals surface area contributed by atoms with Gasteiger partial charge >= 0.3 is 0 Å². The summed E-state index contributed by atoms with van der Waals surface area (Å²) in [5, 5.41) is 22.1. The van der Waals surface area contributed by atoms with Crippen molar-refractivity contribution in [3.8, 4) is 5.75 Å². The zero-order chi connectivity index (χ0) is 13.7. The first-order valence-corrected chi connectivity index (χ1v) is 7.31. The van der Waals surface area contributed by atoms with Crippen molar-refractivity contribution in [1.29, 1.82) is 0 Å². The lowest BCUT2D eigenvalue weighted by Gasteiger charge is -2.16. The van der Waals surface area contributed by atoms with Crippen LogP contribution >= 0.6 is 15.9 Å². The number of aliphatic hydroxyl groups excluding tert-OH is 2. The van der Waals surface area contributed by atoms with Crippen molar-refractivity contribution in [2.75, 3.05) is 26.3 Å². The molecule has 1 aliphatic carbocycles. The zero-order valence-electron chi connectivity index (χ0n) is 10.8. The van der Waals surface area contributed by atoms with Gasteiger partial charge in [0.05, 0.1) is 0 Å². The van der Waals surface area contributed by atoms with E-state index >= 15 is 0 Å². The number of benzene rings is 1. The Morgan fingerprint density at radius 2 is 2.00 bits per heavy atom. The molecule has 1 saturated carbocycles. The molecule has 0 spiro atoms. The van der Waals surface area contributed by atoms with Gasteiger partial charge in [-0.15, -0.1) is 0 Å². The number of hydrogen-bond donors (Lipinski definition) is 3. The van der Waals surface area contributed by atoms with Crippen molar-refractivity contribution < 1.29 is 14.9 Å². The topological polar surface area (TPSA) is 61.7 Å². The third-order valence-corrected chi connectivity index (χ3v) is 3.96. The summed E-state index contributed by atoms with van der Waals surface area (Å²) in [4.78, 5) is 0. The van der Waals surface area contributed by atoms with Crippen LogP contribution in [0.3, 0.4) is 0 Å². The van der Waals surface area contributed by atoms with Gasteiger partial charge in [-0.2, -0.15) is 0 Å². The Bertz CT molecular complexity index is 392. The van der Waals surface area contributed by atoms with Crippen LogP contribution in [0.2, 0.25) is 0 Å². The summed E-state index contributed by atoms with van der Waals surface area (Å²) in [7, 11) is 0. The molecule has 19 heavy (non-hydrogen) atoms. The number of halogens is 1. The summed E-state index contributed by atoms with van der Waals surface area (Å²) in [6.07, 6.45) is 1.60. The largest absolute Gasteiger partial charge is 0.491 e. The molecule has 1 fully saturated rings. The van der Waals surface area contributed by atoms with Crippen LogP contribution in [0.15, 0.2) is 28.7 Å². The number of nitrogens with one attached hydrogen (secondary N) is 1. The van der Waals surface area contributed by atoms with Gasteiger partial charge in [-0.3, -0.25) is 0 Å². The molecule has 1 aromatic carbocycles. The molecule has 1 unspecified atom stereocenters. The molecular formula is C14H20BrNO3. The highest BCUT2D eigenvalue weighted by Gasteiger charge is 2.41. The minimum absolute atomic E-state index is 0.0757. The van der Waals surface area contributed by atoms with Gasteiger partial charge in [-0.1, -0.05) is 15.9 Å². The number of hydrogen-bond acceptors (Lipinski definition) is 4. The van der Waals surface area contributed by atoms with E-state index in [1.165, 1.54) is 0 Å². The normalized spacial score (nSPS) is 18.1. The van der Waals surface area contributed by atoms with Crippen LogP contribution in [0.1, 0.15) is 12.8 Å². The zero-order valence-corrected chi connectivity index (χ0v) is 12.4. The van der Waals surface area contributed by atoms with Gasteiger partial charge in [-0.25, -0.2) is 0 Å². The minimum Gasteiger partial charge on any atom is -0.491 e. The van der Waals surface area contributed by atoms with Crippen LogP contribution in [0.4, 0.5) is 0 Å². The van der Waals surface area contributed by atoms with E-state index in [-0.39, 0.29) is 18.6 Å². The van der Waals surface area contributed by atoms with Gasteiger partial charge in [-0.05, 0) is 37.1 Å². The van der Waals surface area contributed by atoms with Gasteiger partial charge in [0.2, 0.25) is 0 Å². The predicted molar refractivity (Wildman–Crippen MR) is 77.3 cm³/mol. The molecule has 0 radical (unpaired) electrons. The molecule has 2 rings (SSSR count). The molecule has 0 aliphatic heterocycles. The smallest absolute Gasteiger partial charge is 0.119 e. The van der Waals surface area contributed by atoms with Gasteiger partial charge in [0.1, 0.15) is 18.5 Å². The maximum Gasteiger partial charge on any atom is 0.119 e. The van der Waals surface area contributed by atoms with E-state index < -0.39 is 6.10 Å². The standard InChI is InChI=1S/C14H20BrNO3/c15-11-1-3-13(4-2-11)19-8-12(18)7-16-9-14(10-17)5-6-14/h1-4,12,16-18H,5-10H2. The number of ether oxygens (including phenoxy) is 1. The fourth-order valence-corrected chi connectivity index (χ4v) is 2.12. The summed E-state index contributed by atoms with van der Waals surface area (Å²) in [5.41, 5.74) is 0.0757. The Morgan fingerprint density at radius 1 is 1.32 bits per heavy atom. The lowest BCUT2D eigenvalue weighted by molar-refractivity contribution is 0.103. The van der Waals surface area contributed by atoms with Crippen LogP contribution in [0, 0.1) is 5.41 Å². The van der Waals surface area contributed by atoms with Gasteiger partial charge in [0, 0.05) is 29.6 Å². The molecule has 0 heterocycles. The van der Waals surface area contributed by atoms with E-state index in [1.54, 1.807) is 0 Å². The molecule has 1 aromatic rings. The van der Waals surface area contributed by atoms with Crippen molar-refractivity contribution in [1.82, 2.24) is 5.32 Å². The van der Waals surface area contributed by atoms with E-state index in [4.69, 9.17) is 9.84 Å². The number of aliphatic hydroxyl groups is 2. The molecule has 1 aliphatic rings. The molecule has 5 heteroatoms. The monoisotopic (exact) mass is 329 g/mol. The van der Waals surface area contributed by atoms with Gasteiger partial charge < -0.3 is 20.3 Å². The molecular weight excluding hydrogens is 310 g/mol. The van der Waals surface area contributed by atoms with E-state index in [0.717, 1.165) is 29.6 Å². The minimum atomic E-state index is -0.543. The number of rotatable bonds is 8. The van der Waals surface area contributed by atoms with Gasteiger partial charge in [0.25, 0.3) is 0 Å². The Labute approximate surface area is 121 Å². The van der Waals surface area contributed by atoms with Crippen molar-refractivity contribution >= 4 is 15.9 Å². The van der Waals surface area contributed by atoms with E-state index in [9.17, 15) is 5.11 Å². The van der Waals surface area contributed by atoms with Crippen molar-refractivity contribution in [2.45, 2.75) is 18.9 Å². The lowest BCUT2D eigenvalue weighted by atomic mass is 10.1. The Hall–Kier alpha value is -0.620. The molecule has 4 nitrogen and oxygen atoms in total. The lowest BCUT2D eigenvalue weighted by Crippen LogP contribution is -2.35. The van der Waals surface area contributed by atoms with Crippen molar-refractivity contribution in [3.05, 3.63) is 28.7 Å². The first kappa shape index (κ1) is 14.8. The van der Waals surface area contributed by atoms with Crippen LogP contribution < -0.4 is 10.1 Å². The molecule has 3 N–H and O–H groups in total. The second-order valence-corrected chi connectivity index (χ2v) is 6.12. The fraction of sp³-hybridized carbons (Fsp3) is 0.571. The average molecular weight is 330 g/mol. The van der Waals surface area contributed by atoms with Crippen LogP contribution in [0.5, 0.6) is 5.75 Å². The second kappa shape index (κ2) is 6.70. The first-order valence-electron chi connectivity index (χ1n) is 6.52. The molecule has 0 saturated heterocycles. The summed E-state index contributed by atoms with van der Waals surface area (Å²) < 4.78 is 6.49. The van der Waals surface area contributed by atoms with Crippen LogP contribution in [-0.4, -0.2) is 42.6 Å². The van der Waals surface area contributed by atoms with Crippen molar-refractivity contribution in [3.63, 3.8) is 0 Å². The molecule has 1 atom stereocenters. The molecule has 106 valence electrons. The summed E-state index contributed by atoms with van der Waals surface area (Å²) >= 11 is 3.36. The van der Waals surface area contributed by atoms with Crippen LogP contribution in [-0.2, 0) is 0 Å².